The van der Waals surface area contributed by atoms with Crippen molar-refractivity contribution < 1.29 is 18.7 Å². The molecular weight excluding hydrogens is 474 g/mol. The Morgan fingerprint density at radius 3 is 2.72 bits per heavy atom. The number of para-hydroxylation sites is 1. The molecule has 2 aromatic heterocycles. The number of ether oxygens (including phenoxy) is 1. The van der Waals surface area contributed by atoms with Gasteiger partial charge in [-0.1, -0.05) is 36.4 Å². The van der Waals surface area contributed by atoms with Gasteiger partial charge in [0.25, 0.3) is 5.91 Å². The van der Waals surface area contributed by atoms with Crippen LogP contribution in [0.3, 0.4) is 0 Å². The summed E-state index contributed by atoms with van der Waals surface area (Å²) >= 11 is 1.30. The summed E-state index contributed by atoms with van der Waals surface area (Å²) in [6, 6.07) is 23.9. The highest BCUT2D eigenvalue weighted by Gasteiger charge is 2.34. The van der Waals surface area contributed by atoms with Crippen LogP contribution in [0, 0.1) is 0 Å². The number of amidine groups is 1. The van der Waals surface area contributed by atoms with Gasteiger partial charge in [-0.05, 0) is 59.8 Å². The Kier molecular flexibility index (Phi) is 6.77. The highest BCUT2D eigenvalue weighted by molar-refractivity contribution is 8.18. The molecule has 1 aliphatic rings. The summed E-state index contributed by atoms with van der Waals surface area (Å²) in [5, 5.41) is 0.582. The SMILES string of the molecule is COC(=O)c1cccc(-c2ccc(/C=C3/SC(=Nc4ccccc4)N(Cc4cccnc4)C3=O)o2)c1. The van der Waals surface area contributed by atoms with Gasteiger partial charge in [0, 0.05) is 24.0 Å². The predicted molar refractivity (Wildman–Crippen MR) is 139 cm³/mol. The molecule has 0 aliphatic carbocycles. The van der Waals surface area contributed by atoms with Crippen molar-refractivity contribution in [3.05, 3.63) is 113 Å². The van der Waals surface area contributed by atoms with Crippen molar-refractivity contribution >= 4 is 40.6 Å². The number of pyridine rings is 1. The van der Waals surface area contributed by atoms with Gasteiger partial charge in [0.2, 0.25) is 0 Å². The van der Waals surface area contributed by atoms with E-state index in [0.717, 1.165) is 16.8 Å². The third-order valence-corrected chi connectivity index (χ3v) is 6.41. The first-order chi connectivity index (χ1) is 17.6. The molecule has 5 rings (SSSR count). The van der Waals surface area contributed by atoms with Crippen LogP contribution in [0.1, 0.15) is 21.7 Å². The summed E-state index contributed by atoms with van der Waals surface area (Å²) in [6.45, 7) is 0.354. The Morgan fingerprint density at radius 1 is 1.08 bits per heavy atom. The molecule has 0 saturated carbocycles. The van der Waals surface area contributed by atoms with Gasteiger partial charge >= 0.3 is 5.97 Å². The van der Waals surface area contributed by atoms with Gasteiger partial charge in [-0.25, -0.2) is 9.79 Å². The van der Waals surface area contributed by atoms with E-state index in [2.05, 4.69) is 4.98 Å². The van der Waals surface area contributed by atoms with E-state index in [4.69, 9.17) is 14.1 Å². The molecule has 4 aromatic rings. The number of carbonyl (C=O) groups excluding carboxylic acids is 2. The van der Waals surface area contributed by atoms with Crippen molar-refractivity contribution in [1.29, 1.82) is 0 Å². The van der Waals surface area contributed by atoms with E-state index < -0.39 is 5.97 Å². The Balaban J connectivity index is 1.44. The molecule has 36 heavy (non-hydrogen) atoms. The van der Waals surface area contributed by atoms with Crippen LogP contribution in [0.2, 0.25) is 0 Å². The number of aromatic nitrogens is 1. The number of hydrogen-bond acceptors (Lipinski definition) is 7. The highest BCUT2D eigenvalue weighted by Crippen LogP contribution is 2.36. The summed E-state index contributed by atoms with van der Waals surface area (Å²) in [6.07, 6.45) is 5.15. The zero-order valence-electron chi connectivity index (χ0n) is 19.3. The van der Waals surface area contributed by atoms with E-state index in [-0.39, 0.29) is 5.91 Å². The molecule has 1 saturated heterocycles. The minimum atomic E-state index is -0.419. The van der Waals surface area contributed by atoms with Gasteiger partial charge in [-0.15, -0.1) is 0 Å². The number of furan rings is 1. The Bertz CT molecular complexity index is 1460. The van der Waals surface area contributed by atoms with E-state index in [9.17, 15) is 9.59 Å². The summed E-state index contributed by atoms with van der Waals surface area (Å²) in [4.78, 5) is 36.3. The number of aliphatic imine (C=N–C) groups is 1. The van der Waals surface area contributed by atoms with Crippen LogP contribution < -0.4 is 0 Å². The van der Waals surface area contributed by atoms with Crippen molar-refractivity contribution in [3.63, 3.8) is 0 Å². The van der Waals surface area contributed by atoms with Crippen molar-refractivity contribution in [3.8, 4) is 11.3 Å². The average molecular weight is 496 g/mol. The third-order valence-electron chi connectivity index (χ3n) is 5.40. The van der Waals surface area contributed by atoms with E-state index >= 15 is 0 Å². The lowest BCUT2D eigenvalue weighted by Gasteiger charge is -2.15. The summed E-state index contributed by atoms with van der Waals surface area (Å²) < 4.78 is 10.8. The number of thioether (sulfide) groups is 1. The number of methoxy groups -OCH3 is 1. The van der Waals surface area contributed by atoms with Crippen LogP contribution in [0.15, 0.2) is 106 Å². The lowest BCUT2D eigenvalue weighted by Crippen LogP contribution is -2.28. The fourth-order valence-corrected chi connectivity index (χ4v) is 4.63. The minimum absolute atomic E-state index is 0.163. The second-order valence-corrected chi connectivity index (χ2v) is 8.88. The van der Waals surface area contributed by atoms with Gasteiger partial charge < -0.3 is 9.15 Å². The zero-order valence-corrected chi connectivity index (χ0v) is 20.1. The van der Waals surface area contributed by atoms with Gasteiger partial charge in [-0.3, -0.25) is 14.7 Å². The molecule has 0 spiro atoms. The van der Waals surface area contributed by atoms with Crippen molar-refractivity contribution in [2.45, 2.75) is 6.54 Å². The first-order valence-corrected chi connectivity index (χ1v) is 11.9. The number of carbonyl (C=O) groups is 2. The minimum Gasteiger partial charge on any atom is -0.465 e. The first kappa shape index (κ1) is 23.3. The Labute approximate surface area is 212 Å². The van der Waals surface area contributed by atoms with Crippen LogP contribution in [0.25, 0.3) is 17.4 Å². The number of hydrogen-bond donors (Lipinski definition) is 0. The van der Waals surface area contributed by atoms with Gasteiger partial charge in [0.1, 0.15) is 11.5 Å². The molecule has 0 unspecified atom stereocenters. The fourth-order valence-electron chi connectivity index (χ4n) is 3.65. The Hall–Kier alpha value is -4.43. The summed E-state index contributed by atoms with van der Waals surface area (Å²) in [7, 11) is 1.34. The third kappa shape index (κ3) is 5.13. The molecule has 1 fully saturated rings. The highest BCUT2D eigenvalue weighted by atomic mass is 32.2. The monoisotopic (exact) mass is 495 g/mol. The summed E-state index contributed by atoms with van der Waals surface area (Å²) in [5.41, 5.74) is 2.83. The molecule has 1 amide bonds. The second-order valence-electron chi connectivity index (χ2n) is 7.87. The molecule has 8 heteroatoms. The van der Waals surface area contributed by atoms with Crippen LogP contribution in [0.5, 0.6) is 0 Å². The van der Waals surface area contributed by atoms with Crippen molar-refractivity contribution in [2.24, 2.45) is 4.99 Å². The van der Waals surface area contributed by atoms with Gasteiger partial charge in [0.15, 0.2) is 5.17 Å². The molecular formula is C28H21N3O4S. The Morgan fingerprint density at radius 2 is 1.94 bits per heavy atom. The number of nitrogens with zero attached hydrogens (tertiary/aromatic N) is 3. The van der Waals surface area contributed by atoms with E-state index in [1.165, 1.54) is 18.9 Å². The predicted octanol–water partition coefficient (Wildman–Crippen LogP) is 5.93. The van der Waals surface area contributed by atoms with Crippen LogP contribution in [-0.4, -0.2) is 34.0 Å². The lowest BCUT2D eigenvalue weighted by atomic mass is 10.1. The molecule has 0 atom stereocenters. The fraction of sp³-hybridized carbons (Fsp3) is 0.0714. The van der Waals surface area contributed by atoms with E-state index in [1.807, 2.05) is 48.5 Å². The van der Waals surface area contributed by atoms with Gasteiger partial charge in [0.05, 0.1) is 29.8 Å². The molecule has 178 valence electrons. The largest absolute Gasteiger partial charge is 0.465 e. The van der Waals surface area contributed by atoms with Crippen molar-refractivity contribution in [1.82, 2.24) is 9.88 Å². The van der Waals surface area contributed by atoms with Crippen LogP contribution in [-0.2, 0) is 16.1 Å². The number of rotatable bonds is 6. The first-order valence-electron chi connectivity index (χ1n) is 11.1. The lowest BCUT2D eigenvalue weighted by molar-refractivity contribution is -0.122. The van der Waals surface area contributed by atoms with Gasteiger partial charge in [-0.2, -0.15) is 0 Å². The molecule has 0 bridgehead atoms. The standard InChI is InChI=1S/C28H21N3O4S/c1-34-27(33)21-9-5-8-20(15-21)24-13-12-23(35-24)16-25-26(32)31(18-19-7-6-14-29-17-19)28(36-25)30-22-10-3-2-4-11-22/h2-17H,18H2,1H3/b25-16+,30-28?. The van der Waals surface area contributed by atoms with E-state index in [1.54, 1.807) is 53.7 Å². The molecule has 7 nitrogen and oxygen atoms in total. The normalized spacial score (nSPS) is 15.6. The van der Waals surface area contributed by atoms with Crippen LogP contribution in [0.4, 0.5) is 5.69 Å². The number of benzene rings is 2. The molecule has 1 aliphatic heterocycles. The maximum absolute atomic E-state index is 13.4. The van der Waals surface area contributed by atoms with Crippen molar-refractivity contribution in [2.75, 3.05) is 7.11 Å². The average Bonchev–Trinajstić information content (AvgIpc) is 3.50. The maximum Gasteiger partial charge on any atom is 0.337 e. The second kappa shape index (κ2) is 10.5. The quantitative estimate of drug-likeness (QED) is 0.243. The number of esters is 1. The van der Waals surface area contributed by atoms with Crippen LogP contribution >= 0.6 is 11.8 Å². The molecule has 0 N–H and O–H groups in total. The molecule has 2 aromatic carbocycles. The topological polar surface area (TPSA) is 85.0 Å². The molecule has 0 radical (unpaired) electrons. The zero-order chi connectivity index (χ0) is 24.9. The molecule has 3 heterocycles. The maximum atomic E-state index is 13.4. The number of amides is 1. The van der Waals surface area contributed by atoms with E-state index in [0.29, 0.717) is 33.7 Å². The summed E-state index contributed by atoms with van der Waals surface area (Å²) in [5.74, 6) is 0.516. The smallest absolute Gasteiger partial charge is 0.337 e.